The molecule has 2 N–H and O–H groups in total. The zero-order valence-electron chi connectivity index (χ0n) is 16.7. The molecule has 0 saturated heterocycles. The van der Waals surface area contributed by atoms with Crippen LogP contribution in [0.25, 0.3) is 22.1 Å². The molecule has 0 radical (unpaired) electrons. The Kier molecular flexibility index (Phi) is 5.47. The summed E-state index contributed by atoms with van der Waals surface area (Å²) in [7, 11) is 2.06. The molecule has 0 amide bonds. The number of hydrogen-bond acceptors (Lipinski definition) is 5. The highest BCUT2D eigenvalue weighted by Gasteiger charge is 2.29. The number of anilines is 4. The van der Waals surface area contributed by atoms with Gasteiger partial charge in [0, 0.05) is 25.7 Å². The van der Waals surface area contributed by atoms with Crippen LogP contribution in [0.2, 0.25) is 0 Å². The molecule has 30 heavy (non-hydrogen) atoms. The number of aliphatic hydroxyl groups is 2. The van der Waals surface area contributed by atoms with E-state index >= 15 is 0 Å². The Bertz CT molecular complexity index is 1230. The first kappa shape index (κ1) is 20.3. The van der Waals surface area contributed by atoms with Gasteiger partial charge in [-0.2, -0.15) is 4.57 Å². The number of halogens is 1. The number of hydrogen-bond donors (Lipinski definition) is 2. The number of β-amino-alcohol motifs (C(OH)–C–C–N with tert-alkyl or cyclic N) is 1. The van der Waals surface area contributed by atoms with Crippen LogP contribution in [0.3, 0.4) is 0 Å². The number of para-hydroxylation sites is 4. The fourth-order valence-corrected chi connectivity index (χ4v) is 4.31. The molecule has 2 heterocycles. The molecule has 0 spiro atoms. The maximum atomic E-state index is 9.70. The van der Waals surface area contributed by atoms with Gasteiger partial charge in [0.1, 0.15) is 17.6 Å². The lowest BCUT2D eigenvalue weighted by molar-refractivity contribution is -0.647. The molecule has 1 aliphatic heterocycles. The Hall–Kier alpha value is -2.93. The Morgan fingerprint density at radius 2 is 1.53 bits per heavy atom. The van der Waals surface area contributed by atoms with Gasteiger partial charge in [-0.05, 0) is 24.3 Å². The van der Waals surface area contributed by atoms with Gasteiger partial charge in [-0.1, -0.05) is 24.3 Å². The second-order valence-electron chi connectivity index (χ2n) is 7.23. The molecule has 0 bridgehead atoms. The van der Waals surface area contributed by atoms with Crippen molar-refractivity contribution >= 4 is 44.8 Å². The predicted octanol–water partition coefficient (Wildman–Crippen LogP) is -0.117. The second kappa shape index (κ2) is 8.07. The third-order valence-electron chi connectivity index (χ3n) is 5.61. The normalized spacial score (nSPS) is 12.6. The smallest absolute Gasteiger partial charge is 0.234 e. The van der Waals surface area contributed by atoms with Crippen LogP contribution in [0.5, 0.6) is 0 Å². The second-order valence-corrected chi connectivity index (χ2v) is 7.23. The lowest BCUT2D eigenvalue weighted by atomic mass is 10.1. The van der Waals surface area contributed by atoms with Gasteiger partial charge in [-0.15, -0.1) is 0 Å². The summed E-state index contributed by atoms with van der Waals surface area (Å²) >= 11 is 0. The summed E-state index contributed by atoms with van der Waals surface area (Å²) in [5, 5.41) is 19.4. The van der Waals surface area contributed by atoms with Crippen LogP contribution in [-0.4, -0.2) is 42.0 Å². The van der Waals surface area contributed by atoms with Crippen molar-refractivity contribution in [2.45, 2.75) is 6.54 Å². The van der Waals surface area contributed by atoms with E-state index in [0.717, 1.165) is 44.8 Å². The lowest BCUT2D eigenvalue weighted by Gasteiger charge is -2.38. The number of benzene rings is 3. The van der Waals surface area contributed by atoms with Crippen molar-refractivity contribution in [1.29, 1.82) is 0 Å². The minimum absolute atomic E-state index is 0. The molecule has 1 aliphatic rings. The minimum atomic E-state index is 0. The van der Waals surface area contributed by atoms with Gasteiger partial charge in [0.25, 0.3) is 0 Å². The molecule has 3 aromatic carbocycles. The predicted molar refractivity (Wildman–Crippen MR) is 115 cm³/mol. The highest BCUT2D eigenvalue weighted by atomic mass is 35.5. The first-order valence-corrected chi connectivity index (χ1v) is 9.81. The lowest BCUT2D eigenvalue weighted by Crippen LogP contribution is -3.00. The first-order valence-electron chi connectivity index (χ1n) is 9.81. The molecular weight excluding hydrogens is 400 g/mol. The van der Waals surface area contributed by atoms with Gasteiger partial charge in [0.05, 0.1) is 29.4 Å². The van der Waals surface area contributed by atoms with Gasteiger partial charge < -0.3 is 32.4 Å². The third-order valence-corrected chi connectivity index (χ3v) is 5.61. The summed E-state index contributed by atoms with van der Waals surface area (Å²) < 4.78 is 2.13. The Labute approximate surface area is 181 Å². The van der Waals surface area contributed by atoms with Gasteiger partial charge in [0.2, 0.25) is 11.0 Å². The zero-order valence-corrected chi connectivity index (χ0v) is 17.4. The van der Waals surface area contributed by atoms with E-state index in [4.69, 9.17) is 4.98 Å². The molecule has 0 aliphatic carbocycles. The van der Waals surface area contributed by atoms with Gasteiger partial charge in [-0.3, -0.25) is 0 Å². The quantitative estimate of drug-likeness (QED) is 0.355. The van der Waals surface area contributed by atoms with E-state index in [0.29, 0.717) is 13.1 Å². The van der Waals surface area contributed by atoms with Crippen LogP contribution in [0.1, 0.15) is 0 Å². The Balaban J connectivity index is 0.00000218. The highest BCUT2D eigenvalue weighted by molar-refractivity contribution is 5.98. The summed E-state index contributed by atoms with van der Waals surface area (Å²) in [6.45, 7) is 1.12. The van der Waals surface area contributed by atoms with Crippen molar-refractivity contribution in [3.8, 4) is 0 Å². The van der Waals surface area contributed by atoms with Gasteiger partial charge in [0.15, 0.2) is 6.54 Å². The van der Waals surface area contributed by atoms with Crippen LogP contribution >= 0.6 is 0 Å². The van der Waals surface area contributed by atoms with E-state index in [2.05, 4.69) is 45.7 Å². The number of aliphatic hydroxyl groups excluding tert-OH is 2. The average Bonchev–Trinajstić information content (AvgIpc) is 2.76. The molecule has 5 rings (SSSR count). The third kappa shape index (κ3) is 3.04. The summed E-state index contributed by atoms with van der Waals surface area (Å²) in [6, 6.07) is 20.4. The topological polar surface area (TPSA) is 63.7 Å². The molecule has 0 atom stereocenters. The molecule has 4 aromatic rings. The van der Waals surface area contributed by atoms with Crippen molar-refractivity contribution in [1.82, 2.24) is 4.98 Å². The van der Waals surface area contributed by atoms with E-state index in [1.165, 1.54) is 0 Å². The van der Waals surface area contributed by atoms with Crippen molar-refractivity contribution in [2.24, 2.45) is 0 Å². The number of fused-ring (bicyclic) bond motifs is 4. The maximum absolute atomic E-state index is 9.70. The SMILES string of the molecule is CN1c2ccccc2N(CCO)c2cc3nc4ccccc4[n+](CCO)c3cc21.[Cl-]. The number of aromatic nitrogens is 2. The van der Waals surface area contributed by atoms with E-state index in [1.807, 2.05) is 36.4 Å². The fraction of sp³-hybridized carbons (Fsp3) is 0.217. The maximum Gasteiger partial charge on any atom is 0.234 e. The van der Waals surface area contributed by atoms with Crippen molar-refractivity contribution < 1.29 is 27.2 Å². The Morgan fingerprint density at radius 1 is 0.800 bits per heavy atom. The fourth-order valence-electron chi connectivity index (χ4n) is 4.31. The minimum Gasteiger partial charge on any atom is -1.00 e. The van der Waals surface area contributed by atoms with Crippen molar-refractivity contribution in [3.05, 3.63) is 60.7 Å². The van der Waals surface area contributed by atoms with Crippen molar-refractivity contribution in [2.75, 3.05) is 36.6 Å². The van der Waals surface area contributed by atoms with Crippen LogP contribution in [-0.2, 0) is 6.54 Å². The number of nitrogens with zero attached hydrogens (tertiary/aromatic N) is 4. The van der Waals surface area contributed by atoms with Crippen LogP contribution in [0, 0.1) is 0 Å². The largest absolute Gasteiger partial charge is 1.00 e. The van der Waals surface area contributed by atoms with Crippen LogP contribution < -0.4 is 26.8 Å². The summed E-state index contributed by atoms with van der Waals surface area (Å²) in [5.74, 6) is 0. The number of rotatable bonds is 4. The van der Waals surface area contributed by atoms with Crippen LogP contribution in [0.15, 0.2) is 60.7 Å². The van der Waals surface area contributed by atoms with Gasteiger partial charge >= 0.3 is 0 Å². The summed E-state index contributed by atoms with van der Waals surface area (Å²) in [4.78, 5) is 9.22. The van der Waals surface area contributed by atoms with Crippen LogP contribution in [0.4, 0.5) is 22.7 Å². The van der Waals surface area contributed by atoms with Gasteiger partial charge in [-0.25, -0.2) is 4.98 Å². The standard InChI is InChI=1S/C23H23N4O2.ClH/c1-25-19-8-4-5-9-20(19)27(11-13-29)23-14-17-21(15-22(23)25)26(10-12-28)18-7-3-2-6-16(18)24-17;/h2-9,14-15,28-29H,10-13H2,1H3;1H/q+1;/p-1. The molecular formula is C23H23ClN4O2. The molecule has 7 heteroatoms. The zero-order chi connectivity index (χ0) is 20.0. The molecule has 0 unspecified atom stereocenters. The van der Waals surface area contributed by atoms with E-state index < -0.39 is 0 Å². The summed E-state index contributed by atoms with van der Waals surface area (Å²) in [5.41, 5.74) is 7.97. The Morgan fingerprint density at radius 3 is 2.30 bits per heavy atom. The summed E-state index contributed by atoms with van der Waals surface area (Å²) in [6.07, 6.45) is 0. The molecule has 6 nitrogen and oxygen atoms in total. The van der Waals surface area contributed by atoms with E-state index in [9.17, 15) is 10.2 Å². The molecule has 1 aromatic heterocycles. The van der Waals surface area contributed by atoms with Crippen molar-refractivity contribution in [3.63, 3.8) is 0 Å². The highest BCUT2D eigenvalue weighted by Crippen LogP contribution is 2.47. The molecule has 154 valence electrons. The first-order chi connectivity index (χ1) is 14.2. The molecule has 0 saturated carbocycles. The average molecular weight is 423 g/mol. The monoisotopic (exact) mass is 422 g/mol. The van der Waals surface area contributed by atoms with E-state index in [1.54, 1.807) is 0 Å². The van der Waals surface area contributed by atoms with E-state index in [-0.39, 0.29) is 25.6 Å². The molecule has 0 fully saturated rings.